The lowest BCUT2D eigenvalue weighted by molar-refractivity contribution is 0.251. The molecule has 0 bridgehead atoms. The zero-order valence-electron chi connectivity index (χ0n) is 9.89. The van der Waals surface area contributed by atoms with Gasteiger partial charge in [0.05, 0.1) is 0 Å². The summed E-state index contributed by atoms with van der Waals surface area (Å²) in [5.74, 6) is 1.05. The number of hydrogen-bond donors (Lipinski definition) is 2. The Morgan fingerprint density at radius 2 is 2.21 bits per heavy atom. The summed E-state index contributed by atoms with van der Waals surface area (Å²) >= 11 is 3.23. The van der Waals surface area contributed by atoms with Crippen molar-refractivity contribution in [3.63, 3.8) is 0 Å². The molecule has 0 aromatic carbocycles. The SMILES string of the molecule is O=C(Nc1cc(-c2ccc(Br)o2)ncn1)NC1CC1. The van der Waals surface area contributed by atoms with Gasteiger partial charge in [-0.3, -0.25) is 5.32 Å². The highest BCUT2D eigenvalue weighted by Crippen LogP contribution is 2.24. The summed E-state index contributed by atoms with van der Waals surface area (Å²) in [5, 5.41) is 5.50. The number of furan rings is 1. The molecule has 6 nitrogen and oxygen atoms in total. The van der Waals surface area contributed by atoms with E-state index in [1.165, 1.54) is 6.33 Å². The Morgan fingerprint density at radius 1 is 1.37 bits per heavy atom. The Kier molecular flexibility index (Phi) is 3.20. The fourth-order valence-corrected chi connectivity index (χ4v) is 1.88. The van der Waals surface area contributed by atoms with Crippen molar-refractivity contribution in [2.24, 2.45) is 0 Å². The van der Waals surface area contributed by atoms with E-state index in [0.717, 1.165) is 12.8 Å². The zero-order valence-corrected chi connectivity index (χ0v) is 11.5. The lowest BCUT2D eigenvalue weighted by Gasteiger charge is -2.05. The van der Waals surface area contributed by atoms with Crippen LogP contribution in [-0.2, 0) is 0 Å². The number of nitrogens with one attached hydrogen (secondary N) is 2. The van der Waals surface area contributed by atoms with E-state index in [4.69, 9.17) is 4.42 Å². The molecule has 19 heavy (non-hydrogen) atoms. The molecule has 0 saturated heterocycles. The van der Waals surface area contributed by atoms with Crippen molar-refractivity contribution in [1.29, 1.82) is 0 Å². The van der Waals surface area contributed by atoms with Crippen LogP contribution in [0.15, 0.2) is 33.6 Å². The molecule has 1 saturated carbocycles. The first-order chi connectivity index (χ1) is 9.20. The number of nitrogens with zero attached hydrogens (tertiary/aromatic N) is 2. The number of carbonyl (C=O) groups excluding carboxylic acids is 1. The molecule has 3 rings (SSSR count). The van der Waals surface area contributed by atoms with E-state index in [9.17, 15) is 4.79 Å². The van der Waals surface area contributed by atoms with E-state index in [1.807, 2.05) is 0 Å². The molecule has 0 atom stereocenters. The Hall–Kier alpha value is -1.89. The highest BCUT2D eigenvalue weighted by Gasteiger charge is 2.23. The average molecular weight is 323 g/mol. The van der Waals surface area contributed by atoms with Crippen LogP contribution in [-0.4, -0.2) is 22.0 Å². The third-order valence-electron chi connectivity index (χ3n) is 2.65. The molecule has 2 N–H and O–H groups in total. The van der Waals surface area contributed by atoms with Crippen LogP contribution in [0.2, 0.25) is 0 Å². The van der Waals surface area contributed by atoms with Gasteiger partial charge in [-0.1, -0.05) is 0 Å². The number of halogens is 1. The maximum Gasteiger partial charge on any atom is 0.320 e. The molecule has 7 heteroatoms. The number of carbonyl (C=O) groups is 1. The molecule has 0 radical (unpaired) electrons. The molecule has 2 aromatic rings. The summed E-state index contributed by atoms with van der Waals surface area (Å²) in [4.78, 5) is 19.7. The standard InChI is InChI=1S/C12H11BrN4O2/c13-10-4-3-9(19-10)8-5-11(15-6-14-8)17-12(18)16-7-1-2-7/h3-7H,1-2H2,(H2,14,15,16,17,18). The Balaban J connectivity index is 1.73. The molecule has 2 amide bonds. The van der Waals surface area contributed by atoms with Gasteiger partial charge < -0.3 is 9.73 Å². The number of anilines is 1. The predicted octanol–water partition coefficient (Wildman–Crippen LogP) is 2.78. The summed E-state index contributed by atoms with van der Waals surface area (Å²) in [6.45, 7) is 0. The first-order valence-corrected chi connectivity index (χ1v) is 6.65. The van der Waals surface area contributed by atoms with Crippen LogP contribution in [0, 0.1) is 0 Å². The van der Waals surface area contributed by atoms with Gasteiger partial charge in [-0.15, -0.1) is 0 Å². The van der Waals surface area contributed by atoms with Crippen molar-refractivity contribution in [3.8, 4) is 11.5 Å². The molecular formula is C12H11BrN4O2. The van der Waals surface area contributed by atoms with E-state index < -0.39 is 0 Å². The van der Waals surface area contributed by atoms with Crippen molar-refractivity contribution in [2.75, 3.05) is 5.32 Å². The lowest BCUT2D eigenvalue weighted by Crippen LogP contribution is -2.30. The average Bonchev–Trinajstić information content (AvgIpc) is 3.08. The predicted molar refractivity (Wildman–Crippen MR) is 72.6 cm³/mol. The van der Waals surface area contributed by atoms with Crippen molar-refractivity contribution < 1.29 is 9.21 Å². The van der Waals surface area contributed by atoms with Crippen LogP contribution >= 0.6 is 15.9 Å². The second kappa shape index (κ2) is 5.00. The molecule has 0 unspecified atom stereocenters. The number of urea groups is 1. The van der Waals surface area contributed by atoms with Gasteiger partial charge in [0.2, 0.25) is 0 Å². The smallest absolute Gasteiger partial charge is 0.320 e. The molecule has 1 aliphatic rings. The van der Waals surface area contributed by atoms with Gasteiger partial charge in [-0.05, 0) is 40.9 Å². The van der Waals surface area contributed by atoms with Gasteiger partial charge in [-0.2, -0.15) is 0 Å². The Morgan fingerprint density at radius 3 is 2.89 bits per heavy atom. The van der Waals surface area contributed by atoms with Gasteiger partial charge >= 0.3 is 6.03 Å². The topological polar surface area (TPSA) is 80.1 Å². The molecule has 1 aliphatic carbocycles. The van der Waals surface area contributed by atoms with Crippen molar-refractivity contribution >= 4 is 27.8 Å². The highest BCUT2D eigenvalue weighted by molar-refractivity contribution is 9.10. The second-order valence-corrected chi connectivity index (χ2v) is 5.05. The minimum Gasteiger partial charge on any atom is -0.448 e. The maximum atomic E-state index is 11.6. The summed E-state index contributed by atoms with van der Waals surface area (Å²) in [6.07, 6.45) is 3.48. The van der Waals surface area contributed by atoms with E-state index in [2.05, 4.69) is 36.5 Å². The fraction of sp³-hybridized carbons (Fsp3) is 0.250. The quantitative estimate of drug-likeness (QED) is 0.910. The number of hydrogen-bond acceptors (Lipinski definition) is 4. The molecule has 1 fully saturated rings. The Labute approximate surface area is 117 Å². The van der Waals surface area contributed by atoms with Crippen LogP contribution < -0.4 is 10.6 Å². The molecule has 0 aliphatic heterocycles. The third kappa shape index (κ3) is 3.11. The number of amides is 2. The molecule has 2 aromatic heterocycles. The number of rotatable bonds is 3. The molecule has 98 valence electrons. The van der Waals surface area contributed by atoms with Crippen molar-refractivity contribution in [3.05, 3.63) is 29.2 Å². The van der Waals surface area contributed by atoms with Gasteiger partial charge in [-0.25, -0.2) is 14.8 Å². The fourth-order valence-electron chi connectivity index (χ4n) is 1.58. The normalized spacial score (nSPS) is 14.2. The van der Waals surface area contributed by atoms with E-state index in [-0.39, 0.29) is 6.03 Å². The third-order valence-corrected chi connectivity index (χ3v) is 3.07. The minimum absolute atomic E-state index is 0.243. The molecule has 0 spiro atoms. The van der Waals surface area contributed by atoms with Gasteiger partial charge in [0.1, 0.15) is 17.8 Å². The molecule has 2 heterocycles. The van der Waals surface area contributed by atoms with Crippen LogP contribution in [0.4, 0.5) is 10.6 Å². The van der Waals surface area contributed by atoms with E-state index in [1.54, 1.807) is 18.2 Å². The monoisotopic (exact) mass is 322 g/mol. The van der Waals surface area contributed by atoms with Crippen molar-refractivity contribution in [2.45, 2.75) is 18.9 Å². The zero-order chi connectivity index (χ0) is 13.2. The Bertz CT molecular complexity index is 609. The second-order valence-electron chi connectivity index (χ2n) is 4.26. The van der Waals surface area contributed by atoms with E-state index in [0.29, 0.717) is 28.0 Å². The summed E-state index contributed by atoms with van der Waals surface area (Å²) in [7, 11) is 0. The largest absolute Gasteiger partial charge is 0.448 e. The van der Waals surface area contributed by atoms with Gasteiger partial charge in [0.25, 0.3) is 0 Å². The van der Waals surface area contributed by atoms with Crippen LogP contribution in [0.1, 0.15) is 12.8 Å². The first kappa shape index (κ1) is 12.2. The molecular weight excluding hydrogens is 312 g/mol. The van der Waals surface area contributed by atoms with Gasteiger partial charge in [0.15, 0.2) is 10.4 Å². The first-order valence-electron chi connectivity index (χ1n) is 5.86. The summed E-state index contributed by atoms with van der Waals surface area (Å²) in [5.41, 5.74) is 0.613. The highest BCUT2D eigenvalue weighted by atomic mass is 79.9. The summed E-state index contributed by atoms with van der Waals surface area (Å²) in [6, 6.07) is 5.30. The van der Waals surface area contributed by atoms with Crippen LogP contribution in [0.25, 0.3) is 11.5 Å². The van der Waals surface area contributed by atoms with E-state index >= 15 is 0 Å². The van der Waals surface area contributed by atoms with Crippen LogP contribution in [0.5, 0.6) is 0 Å². The lowest BCUT2D eigenvalue weighted by atomic mass is 10.3. The van der Waals surface area contributed by atoms with Crippen molar-refractivity contribution in [1.82, 2.24) is 15.3 Å². The summed E-state index contributed by atoms with van der Waals surface area (Å²) < 4.78 is 6.03. The minimum atomic E-state index is -0.243. The maximum absolute atomic E-state index is 11.6. The van der Waals surface area contributed by atoms with Crippen LogP contribution in [0.3, 0.4) is 0 Å². The van der Waals surface area contributed by atoms with Gasteiger partial charge in [0, 0.05) is 12.1 Å². The number of aromatic nitrogens is 2.